The normalized spacial score (nSPS) is 10.9. The first-order valence-corrected chi connectivity index (χ1v) is 6.43. The summed E-state index contributed by atoms with van der Waals surface area (Å²) in [4.78, 5) is 4.36. The molecule has 2 aromatic heterocycles. The van der Waals surface area contributed by atoms with Gasteiger partial charge in [-0.05, 0) is 18.2 Å². The zero-order valence-electron chi connectivity index (χ0n) is 11.6. The molecule has 0 aliphatic carbocycles. The Kier molecular flexibility index (Phi) is 4.52. The summed E-state index contributed by atoms with van der Waals surface area (Å²) in [5, 5.41) is 7.58. The van der Waals surface area contributed by atoms with Gasteiger partial charge >= 0.3 is 0 Å². The van der Waals surface area contributed by atoms with Gasteiger partial charge in [-0.25, -0.2) is 0 Å². The number of aromatic nitrogens is 3. The molecule has 0 saturated heterocycles. The van der Waals surface area contributed by atoms with Crippen LogP contribution in [0.5, 0.6) is 5.75 Å². The summed E-state index contributed by atoms with van der Waals surface area (Å²) < 4.78 is 7.39. The first kappa shape index (κ1) is 13.5. The van der Waals surface area contributed by atoms with E-state index in [2.05, 4.69) is 29.2 Å². The second-order valence-electron chi connectivity index (χ2n) is 4.79. The monoisotopic (exact) mass is 260 g/mol. The average molecular weight is 260 g/mol. The van der Waals surface area contributed by atoms with E-state index in [9.17, 15) is 0 Å². The van der Waals surface area contributed by atoms with Gasteiger partial charge in [0, 0.05) is 25.8 Å². The number of rotatable bonds is 6. The van der Waals surface area contributed by atoms with Gasteiger partial charge in [0.05, 0.1) is 17.6 Å². The lowest BCUT2D eigenvalue weighted by atomic mass is 10.3. The smallest absolute Gasteiger partial charge is 0.138 e. The Labute approximate surface area is 113 Å². The second-order valence-corrected chi connectivity index (χ2v) is 4.79. The minimum atomic E-state index is 0.460. The van der Waals surface area contributed by atoms with Crippen molar-refractivity contribution in [2.45, 2.75) is 33.0 Å². The molecule has 102 valence electrons. The van der Waals surface area contributed by atoms with Gasteiger partial charge in [0.25, 0.3) is 0 Å². The van der Waals surface area contributed by atoms with Gasteiger partial charge in [0.15, 0.2) is 0 Å². The molecule has 5 nitrogen and oxygen atoms in total. The standard InChI is InChI=1S/C14H20N4O/c1-11(2)15-8-12-4-5-14(9-16-12)19-10-13-6-7-18(3)17-13/h4-7,9,11,15H,8,10H2,1-3H3. The van der Waals surface area contributed by atoms with E-state index in [1.807, 2.05) is 31.4 Å². The third kappa shape index (κ3) is 4.37. The highest BCUT2D eigenvalue weighted by Gasteiger charge is 2.01. The molecule has 5 heteroatoms. The highest BCUT2D eigenvalue weighted by atomic mass is 16.5. The maximum absolute atomic E-state index is 5.63. The number of pyridine rings is 1. The third-order valence-electron chi connectivity index (χ3n) is 2.64. The molecule has 0 aliphatic heterocycles. The van der Waals surface area contributed by atoms with E-state index in [0.29, 0.717) is 12.6 Å². The molecular formula is C14H20N4O. The molecule has 0 radical (unpaired) electrons. The molecule has 0 aromatic carbocycles. The average Bonchev–Trinajstić information content (AvgIpc) is 2.81. The minimum absolute atomic E-state index is 0.460. The van der Waals surface area contributed by atoms with Gasteiger partial charge in [-0.1, -0.05) is 13.8 Å². The molecular weight excluding hydrogens is 240 g/mol. The molecule has 0 spiro atoms. The quantitative estimate of drug-likeness (QED) is 0.861. The summed E-state index contributed by atoms with van der Waals surface area (Å²) in [7, 11) is 1.89. The zero-order valence-corrected chi connectivity index (χ0v) is 11.6. The van der Waals surface area contributed by atoms with Crippen LogP contribution in [0.2, 0.25) is 0 Å². The number of hydrogen-bond donors (Lipinski definition) is 1. The van der Waals surface area contributed by atoms with Crippen molar-refractivity contribution in [3.63, 3.8) is 0 Å². The van der Waals surface area contributed by atoms with Crippen molar-refractivity contribution in [3.05, 3.63) is 42.0 Å². The van der Waals surface area contributed by atoms with Gasteiger partial charge in [-0.2, -0.15) is 5.10 Å². The van der Waals surface area contributed by atoms with Crippen LogP contribution in [0.3, 0.4) is 0 Å². The Balaban J connectivity index is 1.84. The van der Waals surface area contributed by atoms with Gasteiger partial charge in [0.2, 0.25) is 0 Å². The molecule has 2 rings (SSSR count). The second kappa shape index (κ2) is 6.33. The Bertz CT molecular complexity index is 504. The molecule has 2 aromatic rings. The van der Waals surface area contributed by atoms with E-state index in [4.69, 9.17) is 4.74 Å². The Morgan fingerprint density at radius 3 is 2.68 bits per heavy atom. The minimum Gasteiger partial charge on any atom is -0.486 e. The molecule has 0 atom stereocenters. The predicted octanol–water partition coefficient (Wildman–Crippen LogP) is 1.89. The topological polar surface area (TPSA) is 52.0 Å². The van der Waals surface area contributed by atoms with Crippen LogP contribution >= 0.6 is 0 Å². The fourth-order valence-electron chi connectivity index (χ4n) is 1.61. The van der Waals surface area contributed by atoms with Crippen LogP contribution in [0.4, 0.5) is 0 Å². The molecule has 0 fully saturated rings. The number of ether oxygens (including phenoxy) is 1. The molecule has 19 heavy (non-hydrogen) atoms. The number of aryl methyl sites for hydroxylation is 1. The fraction of sp³-hybridized carbons (Fsp3) is 0.429. The van der Waals surface area contributed by atoms with Crippen LogP contribution in [0.15, 0.2) is 30.6 Å². The number of nitrogens with one attached hydrogen (secondary N) is 1. The van der Waals surface area contributed by atoms with Gasteiger partial charge < -0.3 is 10.1 Å². The molecule has 0 amide bonds. The first-order chi connectivity index (χ1) is 9.13. The molecule has 1 N–H and O–H groups in total. The lowest BCUT2D eigenvalue weighted by molar-refractivity contribution is 0.298. The summed E-state index contributed by atoms with van der Waals surface area (Å²) in [5.41, 5.74) is 1.92. The van der Waals surface area contributed by atoms with Crippen molar-refractivity contribution in [3.8, 4) is 5.75 Å². The maximum Gasteiger partial charge on any atom is 0.138 e. The highest BCUT2D eigenvalue weighted by molar-refractivity contribution is 5.20. The van der Waals surface area contributed by atoms with E-state index in [-0.39, 0.29) is 0 Å². The van der Waals surface area contributed by atoms with Crippen molar-refractivity contribution < 1.29 is 4.74 Å². The van der Waals surface area contributed by atoms with Crippen molar-refractivity contribution >= 4 is 0 Å². The van der Waals surface area contributed by atoms with E-state index in [0.717, 1.165) is 23.7 Å². The summed E-state index contributed by atoms with van der Waals surface area (Å²) >= 11 is 0. The third-order valence-corrected chi connectivity index (χ3v) is 2.64. The largest absolute Gasteiger partial charge is 0.486 e. The van der Waals surface area contributed by atoms with E-state index in [1.165, 1.54) is 0 Å². The summed E-state index contributed by atoms with van der Waals surface area (Å²) in [6, 6.07) is 6.31. The van der Waals surface area contributed by atoms with Crippen molar-refractivity contribution in [1.82, 2.24) is 20.1 Å². The van der Waals surface area contributed by atoms with E-state index in [1.54, 1.807) is 10.9 Å². The molecule has 0 aliphatic rings. The number of nitrogens with zero attached hydrogens (tertiary/aromatic N) is 3. The van der Waals surface area contributed by atoms with Gasteiger partial charge in [-0.15, -0.1) is 0 Å². The summed E-state index contributed by atoms with van der Waals surface area (Å²) in [6.45, 7) is 5.47. The Morgan fingerprint density at radius 1 is 1.26 bits per heavy atom. The SMILES string of the molecule is CC(C)NCc1ccc(OCc2ccn(C)n2)cn1. The molecule has 0 unspecified atom stereocenters. The van der Waals surface area contributed by atoms with Crippen LogP contribution in [0.1, 0.15) is 25.2 Å². The van der Waals surface area contributed by atoms with Crippen LogP contribution in [-0.4, -0.2) is 20.8 Å². The van der Waals surface area contributed by atoms with E-state index < -0.39 is 0 Å². The lowest BCUT2D eigenvalue weighted by Gasteiger charge is -2.08. The van der Waals surface area contributed by atoms with Crippen LogP contribution in [-0.2, 0) is 20.2 Å². The molecule has 2 heterocycles. The highest BCUT2D eigenvalue weighted by Crippen LogP contribution is 2.11. The predicted molar refractivity (Wildman–Crippen MR) is 73.8 cm³/mol. The fourth-order valence-corrected chi connectivity index (χ4v) is 1.61. The van der Waals surface area contributed by atoms with Gasteiger partial charge in [0.1, 0.15) is 12.4 Å². The summed E-state index contributed by atoms with van der Waals surface area (Å²) in [6.07, 6.45) is 3.65. The van der Waals surface area contributed by atoms with Crippen molar-refractivity contribution in [2.75, 3.05) is 0 Å². The Hall–Kier alpha value is -1.88. The number of hydrogen-bond acceptors (Lipinski definition) is 4. The lowest BCUT2D eigenvalue weighted by Crippen LogP contribution is -2.22. The molecule has 0 bridgehead atoms. The molecule has 0 saturated carbocycles. The van der Waals surface area contributed by atoms with Crippen LogP contribution in [0, 0.1) is 0 Å². The van der Waals surface area contributed by atoms with Crippen molar-refractivity contribution in [1.29, 1.82) is 0 Å². The van der Waals surface area contributed by atoms with Crippen molar-refractivity contribution in [2.24, 2.45) is 7.05 Å². The zero-order chi connectivity index (χ0) is 13.7. The Morgan fingerprint density at radius 2 is 2.11 bits per heavy atom. The summed E-state index contributed by atoms with van der Waals surface area (Å²) in [5.74, 6) is 0.763. The van der Waals surface area contributed by atoms with Gasteiger partial charge in [-0.3, -0.25) is 9.67 Å². The van der Waals surface area contributed by atoms with E-state index >= 15 is 0 Å². The van der Waals surface area contributed by atoms with Crippen LogP contribution < -0.4 is 10.1 Å². The first-order valence-electron chi connectivity index (χ1n) is 6.43. The maximum atomic E-state index is 5.63. The van der Waals surface area contributed by atoms with Crippen LogP contribution in [0.25, 0.3) is 0 Å².